The molecule has 0 saturated heterocycles. The summed E-state index contributed by atoms with van der Waals surface area (Å²) >= 11 is 6.21. The molecule has 88 valence electrons. The van der Waals surface area contributed by atoms with Crippen LogP contribution in [0.3, 0.4) is 0 Å². The van der Waals surface area contributed by atoms with Gasteiger partial charge >= 0.3 is 0 Å². The highest BCUT2D eigenvalue weighted by Gasteiger charge is 2.08. The summed E-state index contributed by atoms with van der Waals surface area (Å²) in [5.41, 5.74) is 8.72. The Morgan fingerprint density at radius 3 is 2.44 bits per heavy atom. The molecule has 3 aromatic rings. The maximum Gasteiger partial charge on any atom is 0.0484 e. The summed E-state index contributed by atoms with van der Waals surface area (Å²) < 4.78 is 0. The number of benzene rings is 2. The lowest BCUT2D eigenvalue weighted by molar-refractivity contribution is 1.33. The molecule has 0 fully saturated rings. The van der Waals surface area contributed by atoms with Crippen LogP contribution in [-0.4, -0.2) is 4.98 Å². The van der Waals surface area contributed by atoms with Crippen molar-refractivity contribution in [2.24, 2.45) is 0 Å². The van der Waals surface area contributed by atoms with Gasteiger partial charge in [0.15, 0.2) is 0 Å². The van der Waals surface area contributed by atoms with Crippen molar-refractivity contribution in [2.75, 3.05) is 5.73 Å². The lowest BCUT2D eigenvalue weighted by atomic mass is 9.98. The van der Waals surface area contributed by atoms with Crippen molar-refractivity contribution in [2.45, 2.75) is 0 Å². The summed E-state index contributed by atoms with van der Waals surface area (Å²) in [4.78, 5) is 4.14. The van der Waals surface area contributed by atoms with E-state index in [4.69, 9.17) is 17.3 Å². The summed E-state index contributed by atoms with van der Waals surface area (Å²) in [6.45, 7) is 0. The van der Waals surface area contributed by atoms with Crippen molar-refractivity contribution in [1.29, 1.82) is 0 Å². The van der Waals surface area contributed by atoms with Gasteiger partial charge in [-0.25, -0.2) is 0 Å². The molecule has 0 aliphatic carbocycles. The van der Waals surface area contributed by atoms with Crippen LogP contribution >= 0.6 is 11.6 Å². The Morgan fingerprint density at radius 2 is 1.67 bits per heavy atom. The van der Waals surface area contributed by atoms with Gasteiger partial charge in [-0.05, 0) is 23.1 Å². The number of anilines is 1. The Kier molecular flexibility index (Phi) is 2.65. The van der Waals surface area contributed by atoms with Crippen LogP contribution in [0.1, 0.15) is 0 Å². The van der Waals surface area contributed by atoms with Crippen molar-refractivity contribution in [1.82, 2.24) is 4.98 Å². The summed E-state index contributed by atoms with van der Waals surface area (Å²) in [6, 6.07) is 13.7. The number of nitrogens with two attached hydrogens (primary N) is 1. The number of aromatic nitrogens is 1. The minimum absolute atomic E-state index is 0.720. The Balaban J connectivity index is 2.38. The van der Waals surface area contributed by atoms with Gasteiger partial charge < -0.3 is 5.73 Å². The van der Waals surface area contributed by atoms with Crippen LogP contribution < -0.4 is 5.73 Å². The molecule has 3 rings (SSSR count). The molecular weight excluding hydrogens is 244 g/mol. The molecule has 0 saturated carbocycles. The van der Waals surface area contributed by atoms with Gasteiger partial charge in [-0.1, -0.05) is 41.9 Å². The van der Waals surface area contributed by atoms with Gasteiger partial charge in [0.2, 0.25) is 0 Å². The summed E-state index contributed by atoms with van der Waals surface area (Å²) in [6.07, 6.45) is 3.47. The van der Waals surface area contributed by atoms with Gasteiger partial charge in [-0.15, -0.1) is 0 Å². The van der Waals surface area contributed by atoms with E-state index >= 15 is 0 Å². The maximum absolute atomic E-state index is 6.21. The monoisotopic (exact) mass is 254 g/mol. The SMILES string of the molecule is Nc1ccncc1-c1ccc(Cl)c2ccccc12. The third kappa shape index (κ3) is 1.71. The van der Waals surface area contributed by atoms with Gasteiger partial charge in [-0.3, -0.25) is 4.98 Å². The first-order valence-corrected chi connectivity index (χ1v) is 6.02. The fourth-order valence-corrected chi connectivity index (χ4v) is 2.36. The largest absolute Gasteiger partial charge is 0.398 e. The van der Waals surface area contributed by atoms with Gasteiger partial charge in [0.1, 0.15) is 0 Å². The minimum Gasteiger partial charge on any atom is -0.398 e. The molecule has 0 spiro atoms. The second kappa shape index (κ2) is 4.31. The average molecular weight is 255 g/mol. The Labute approximate surface area is 110 Å². The molecule has 0 amide bonds. The van der Waals surface area contributed by atoms with E-state index in [1.165, 1.54) is 0 Å². The van der Waals surface area contributed by atoms with Crippen molar-refractivity contribution in [3.63, 3.8) is 0 Å². The highest BCUT2D eigenvalue weighted by molar-refractivity contribution is 6.36. The van der Waals surface area contributed by atoms with Gasteiger partial charge in [-0.2, -0.15) is 0 Å². The van der Waals surface area contributed by atoms with Gasteiger partial charge in [0, 0.05) is 34.1 Å². The second-order valence-electron chi connectivity index (χ2n) is 4.10. The molecule has 0 aliphatic heterocycles. The van der Waals surface area contributed by atoms with Crippen LogP contribution in [0.15, 0.2) is 54.9 Å². The molecule has 18 heavy (non-hydrogen) atoms. The van der Waals surface area contributed by atoms with E-state index in [2.05, 4.69) is 4.98 Å². The molecule has 0 radical (unpaired) electrons. The van der Waals surface area contributed by atoms with E-state index in [-0.39, 0.29) is 0 Å². The normalized spacial score (nSPS) is 10.7. The zero-order valence-corrected chi connectivity index (χ0v) is 10.4. The zero-order valence-electron chi connectivity index (χ0n) is 9.60. The molecular formula is C15H11ClN2. The molecule has 1 heterocycles. The molecule has 3 heteroatoms. The first kappa shape index (κ1) is 11.1. The third-order valence-corrected chi connectivity index (χ3v) is 3.35. The molecule has 0 aliphatic rings. The molecule has 2 nitrogen and oxygen atoms in total. The Morgan fingerprint density at radius 1 is 0.889 bits per heavy atom. The Bertz CT molecular complexity index is 723. The number of nitrogens with zero attached hydrogens (tertiary/aromatic N) is 1. The zero-order chi connectivity index (χ0) is 12.5. The lowest BCUT2D eigenvalue weighted by Crippen LogP contribution is -1.91. The highest BCUT2D eigenvalue weighted by atomic mass is 35.5. The Hall–Kier alpha value is -2.06. The number of pyridine rings is 1. The lowest BCUT2D eigenvalue weighted by Gasteiger charge is -2.09. The summed E-state index contributed by atoms with van der Waals surface area (Å²) in [5.74, 6) is 0. The van der Waals surface area contributed by atoms with Crippen molar-refractivity contribution >= 4 is 28.1 Å². The minimum atomic E-state index is 0.720. The third-order valence-electron chi connectivity index (χ3n) is 3.02. The van der Waals surface area contributed by atoms with Crippen LogP contribution in [0.4, 0.5) is 5.69 Å². The average Bonchev–Trinajstić information content (AvgIpc) is 2.41. The highest BCUT2D eigenvalue weighted by Crippen LogP contribution is 2.34. The summed E-state index contributed by atoms with van der Waals surface area (Å²) in [7, 11) is 0. The van der Waals surface area contributed by atoms with Crippen LogP contribution in [0.5, 0.6) is 0 Å². The molecule has 2 N–H and O–H groups in total. The molecule has 1 aromatic heterocycles. The van der Waals surface area contributed by atoms with Crippen LogP contribution in [0, 0.1) is 0 Å². The predicted octanol–water partition coefficient (Wildman–Crippen LogP) is 4.14. The quantitative estimate of drug-likeness (QED) is 0.709. The number of halogens is 1. The predicted molar refractivity (Wildman–Crippen MR) is 76.6 cm³/mol. The van der Waals surface area contributed by atoms with E-state index in [0.717, 1.165) is 32.6 Å². The molecule has 2 aromatic carbocycles. The fourth-order valence-electron chi connectivity index (χ4n) is 2.13. The number of rotatable bonds is 1. The maximum atomic E-state index is 6.21. The van der Waals surface area contributed by atoms with Crippen LogP contribution in [0.25, 0.3) is 21.9 Å². The van der Waals surface area contributed by atoms with E-state index in [9.17, 15) is 0 Å². The van der Waals surface area contributed by atoms with Gasteiger partial charge in [0.05, 0.1) is 0 Å². The smallest absolute Gasteiger partial charge is 0.0484 e. The van der Waals surface area contributed by atoms with Crippen molar-refractivity contribution in [3.8, 4) is 11.1 Å². The number of fused-ring (bicyclic) bond motifs is 1. The number of nitrogen functional groups attached to an aromatic ring is 1. The first-order valence-electron chi connectivity index (χ1n) is 5.64. The van der Waals surface area contributed by atoms with Gasteiger partial charge in [0.25, 0.3) is 0 Å². The molecule has 0 bridgehead atoms. The van der Waals surface area contributed by atoms with Crippen molar-refractivity contribution in [3.05, 3.63) is 59.9 Å². The standard InChI is InChI=1S/C15H11ClN2/c16-14-6-5-11(10-3-1-2-4-12(10)14)13-9-18-8-7-15(13)17/h1-9H,(H2,17,18). The number of hydrogen-bond acceptors (Lipinski definition) is 2. The van der Waals surface area contributed by atoms with Crippen LogP contribution in [0.2, 0.25) is 5.02 Å². The van der Waals surface area contributed by atoms with E-state index in [1.54, 1.807) is 18.5 Å². The molecule has 0 atom stereocenters. The molecule has 0 unspecified atom stereocenters. The number of hydrogen-bond donors (Lipinski definition) is 1. The topological polar surface area (TPSA) is 38.9 Å². The fraction of sp³-hybridized carbons (Fsp3) is 0. The second-order valence-corrected chi connectivity index (χ2v) is 4.51. The first-order chi connectivity index (χ1) is 8.77. The van der Waals surface area contributed by atoms with E-state index in [1.807, 2.05) is 36.4 Å². The van der Waals surface area contributed by atoms with Crippen LogP contribution in [-0.2, 0) is 0 Å². The summed E-state index contributed by atoms with van der Waals surface area (Å²) in [5, 5.41) is 2.86. The van der Waals surface area contributed by atoms with Crippen molar-refractivity contribution < 1.29 is 0 Å². The van der Waals surface area contributed by atoms with E-state index < -0.39 is 0 Å². The van der Waals surface area contributed by atoms with E-state index in [0.29, 0.717) is 0 Å².